The smallest absolute Gasteiger partial charge is 0.243 e. The second kappa shape index (κ2) is 5.75. The van der Waals surface area contributed by atoms with Crippen molar-refractivity contribution in [3.63, 3.8) is 0 Å². The minimum absolute atomic E-state index is 0.223. The first kappa shape index (κ1) is 12.8. The molecule has 1 aliphatic rings. The number of nitrogens with one attached hydrogen (secondary N) is 1. The number of amides is 2. The Kier molecular flexibility index (Phi) is 4.61. The zero-order valence-electron chi connectivity index (χ0n) is 9.78. The molecular formula is C11H18N2O3. The van der Waals surface area contributed by atoms with Gasteiger partial charge in [-0.25, -0.2) is 0 Å². The first-order chi connectivity index (χ1) is 7.54. The van der Waals surface area contributed by atoms with Crippen LogP contribution in [0.4, 0.5) is 0 Å². The van der Waals surface area contributed by atoms with Crippen molar-refractivity contribution in [3.8, 4) is 0 Å². The minimum atomic E-state index is -0.283. The first-order valence-electron chi connectivity index (χ1n) is 5.64. The summed E-state index contributed by atoms with van der Waals surface area (Å²) in [7, 11) is 0. The van der Waals surface area contributed by atoms with E-state index in [0.717, 1.165) is 0 Å². The minimum Gasteiger partial charge on any atom is -0.300 e. The van der Waals surface area contributed by atoms with Crippen LogP contribution in [0.2, 0.25) is 0 Å². The van der Waals surface area contributed by atoms with E-state index in [-0.39, 0.29) is 30.2 Å². The molecule has 0 bridgehead atoms. The van der Waals surface area contributed by atoms with Gasteiger partial charge < -0.3 is 0 Å². The molecule has 1 heterocycles. The monoisotopic (exact) mass is 226 g/mol. The van der Waals surface area contributed by atoms with Gasteiger partial charge in [0.1, 0.15) is 5.78 Å². The van der Waals surface area contributed by atoms with Crippen LogP contribution in [0.5, 0.6) is 0 Å². The largest absolute Gasteiger partial charge is 0.300 e. The van der Waals surface area contributed by atoms with Gasteiger partial charge in [-0.05, 0) is 19.9 Å². The molecule has 1 fully saturated rings. The molecule has 5 heteroatoms. The molecule has 0 aromatic rings. The van der Waals surface area contributed by atoms with E-state index < -0.39 is 0 Å². The molecule has 1 aliphatic heterocycles. The van der Waals surface area contributed by atoms with Crippen molar-refractivity contribution in [2.75, 3.05) is 13.1 Å². The third-order valence-corrected chi connectivity index (χ3v) is 2.83. The highest BCUT2D eigenvalue weighted by molar-refractivity contribution is 6.00. The number of hydrogen-bond acceptors (Lipinski definition) is 4. The van der Waals surface area contributed by atoms with E-state index in [1.54, 1.807) is 6.92 Å². The summed E-state index contributed by atoms with van der Waals surface area (Å²) in [5, 5.41) is 2.28. The van der Waals surface area contributed by atoms with Crippen LogP contribution >= 0.6 is 0 Å². The van der Waals surface area contributed by atoms with Gasteiger partial charge in [0.15, 0.2) is 0 Å². The molecule has 90 valence electrons. The molecule has 0 radical (unpaired) electrons. The molecule has 2 amide bonds. The summed E-state index contributed by atoms with van der Waals surface area (Å²) in [5.41, 5.74) is 0. The molecule has 1 rings (SSSR count). The van der Waals surface area contributed by atoms with Crippen LogP contribution in [-0.2, 0) is 14.4 Å². The lowest BCUT2D eigenvalue weighted by molar-refractivity contribution is -0.139. The third kappa shape index (κ3) is 3.41. The Bertz CT molecular complexity index is 302. The number of carbonyl (C=O) groups is 3. The highest BCUT2D eigenvalue weighted by Gasteiger charge is 2.29. The lowest BCUT2D eigenvalue weighted by atomic mass is 10.1. The van der Waals surface area contributed by atoms with E-state index in [0.29, 0.717) is 25.8 Å². The van der Waals surface area contributed by atoms with Crippen molar-refractivity contribution in [1.29, 1.82) is 0 Å². The maximum atomic E-state index is 11.3. The summed E-state index contributed by atoms with van der Waals surface area (Å²) < 4.78 is 0. The number of imide groups is 1. The van der Waals surface area contributed by atoms with Crippen LogP contribution in [0.1, 0.15) is 33.1 Å². The molecule has 1 saturated heterocycles. The van der Waals surface area contributed by atoms with Crippen molar-refractivity contribution in [2.24, 2.45) is 0 Å². The van der Waals surface area contributed by atoms with Gasteiger partial charge in [-0.15, -0.1) is 0 Å². The van der Waals surface area contributed by atoms with Crippen LogP contribution in [0.15, 0.2) is 0 Å². The highest BCUT2D eigenvalue weighted by atomic mass is 16.2. The number of carbonyl (C=O) groups excluding carboxylic acids is 3. The average Bonchev–Trinajstić information content (AvgIpc) is 2.24. The Labute approximate surface area is 95.2 Å². The van der Waals surface area contributed by atoms with Crippen molar-refractivity contribution in [1.82, 2.24) is 10.2 Å². The number of Topliss-reactive ketones (excluding diaryl/α,β-unsaturated/α-hetero) is 1. The predicted molar refractivity (Wildman–Crippen MR) is 58.7 cm³/mol. The molecule has 1 unspecified atom stereocenters. The summed E-state index contributed by atoms with van der Waals surface area (Å²) in [4.78, 5) is 35.4. The van der Waals surface area contributed by atoms with Crippen molar-refractivity contribution in [2.45, 2.75) is 39.2 Å². The van der Waals surface area contributed by atoms with Crippen molar-refractivity contribution < 1.29 is 14.4 Å². The summed E-state index contributed by atoms with van der Waals surface area (Å²) in [5.74, 6) is -0.288. The number of hydrogen-bond donors (Lipinski definition) is 1. The zero-order valence-corrected chi connectivity index (χ0v) is 9.78. The molecule has 1 atom stereocenters. The van der Waals surface area contributed by atoms with E-state index in [4.69, 9.17) is 0 Å². The molecule has 0 aromatic heterocycles. The summed E-state index contributed by atoms with van der Waals surface area (Å²) in [6.07, 6.45) is 1.78. The van der Waals surface area contributed by atoms with E-state index >= 15 is 0 Å². The van der Waals surface area contributed by atoms with Crippen molar-refractivity contribution in [3.05, 3.63) is 0 Å². The highest BCUT2D eigenvalue weighted by Crippen LogP contribution is 2.07. The van der Waals surface area contributed by atoms with Crippen molar-refractivity contribution >= 4 is 17.6 Å². The number of nitrogens with zero attached hydrogens (tertiary/aromatic N) is 1. The Morgan fingerprint density at radius 1 is 1.50 bits per heavy atom. The van der Waals surface area contributed by atoms with Crippen LogP contribution in [0.25, 0.3) is 0 Å². The van der Waals surface area contributed by atoms with Crippen LogP contribution in [-0.4, -0.2) is 41.6 Å². The molecule has 16 heavy (non-hydrogen) atoms. The summed E-state index contributed by atoms with van der Waals surface area (Å²) >= 11 is 0. The fourth-order valence-corrected chi connectivity index (χ4v) is 1.70. The van der Waals surface area contributed by atoms with Gasteiger partial charge in [-0.1, -0.05) is 6.92 Å². The lowest BCUT2D eigenvalue weighted by Gasteiger charge is -2.31. The van der Waals surface area contributed by atoms with E-state index in [1.165, 1.54) is 0 Å². The second-order valence-corrected chi connectivity index (χ2v) is 4.05. The predicted octanol–water partition coefficient (Wildman–Crippen LogP) is 0.0926. The third-order valence-electron chi connectivity index (χ3n) is 2.83. The maximum absolute atomic E-state index is 11.3. The molecular weight excluding hydrogens is 208 g/mol. The lowest BCUT2D eigenvalue weighted by Crippen LogP contribution is -2.56. The Balaban J connectivity index is 2.37. The molecule has 0 saturated carbocycles. The Hall–Kier alpha value is -1.23. The molecule has 0 aliphatic carbocycles. The van der Waals surface area contributed by atoms with E-state index in [2.05, 4.69) is 5.32 Å². The molecule has 5 nitrogen and oxygen atoms in total. The van der Waals surface area contributed by atoms with Gasteiger partial charge in [0.2, 0.25) is 11.8 Å². The van der Waals surface area contributed by atoms with Gasteiger partial charge in [-0.2, -0.15) is 0 Å². The molecule has 1 N–H and O–H groups in total. The van der Waals surface area contributed by atoms with Gasteiger partial charge in [-0.3, -0.25) is 24.6 Å². The van der Waals surface area contributed by atoms with Gasteiger partial charge >= 0.3 is 0 Å². The van der Waals surface area contributed by atoms with Crippen LogP contribution in [0, 0.1) is 0 Å². The Morgan fingerprint density at radius 2 is 2.19 bits per heavy atom. The standard InChI is InChI=1S/C11H18N2O3/c1-3-9(14)5-4-6-13-7-10(15)12-11(16)8(13)2/h8H,3-7H2,1-2H3,(H,12,15,16). The van der Waals surface area contributed by atoms with Crippen LogP contribution in [0.3, 0.4) is 0 Å². The topological polar surface area (TPSA) is 66.5 Å². The number of ketones is 1. The fraction of sp³-hybridized carbons (Fsp3) is 0.727. The molecule has 0 spiro atoms. The normalized spacial score (nSPS) is 22.0. The number of rotatable bonds is 5. The quantitative estimate of drug-likeness (QED) is 0.675. The van der Waals surface area contributed by atoms with Crippen LogP contribution < -0.4 is 5.32 Å². The SMILES string of the molecule is CCC(=O)CCCN1CC(=O)NC(=O)C1C. The fourth-order valence-electron chi connectivity index (χ4n) is 1.70. The number of piperazine rings is 1. The zero-order chi connectivity index (χ0) is 12.1. The summed E-state index contributed by atoms with van der Waals surface area (Å²) in [6.45, 7) is 4.46. The Morgan fingerprint density at radius 3 is 2.81 bits per heavy atom. The van der Waals surface area contributed by atoms with Gasteiger partial charge in [0.05, 0.1) is 12.6 Å². The molecule has 0 aromatic carbocycles. The summed E-state index contributed by atoms with van der Waals surface area (Å²) in [6, 6.07) is -0.283. The maximum Gasteiger partial charge on any atom is 0.243 e. The van der Waals surface area contributed by atoms with E-state index in [9.17, 15) is 14.4 Å². The van der Waals surface area contributed by atoms with Gasteiger partial charge in [0.25, 0.3) is 0 Å². The van der Waals surface area contributed by atoms with E-state index in [1.807, 2.05) is 11.8 Å². The van der Waals surface area contributed by atoms with Gasteiger partial charge in [0, 0.05) is 12.8 Å². The first-order valence-corrected chi connectivity index (χ1v) is 5.64. The average molecular weight is 226 g/mol. The second-order valence-electron chi connectivity index (χ2n) is 4.05.